The Morgan fingerprint density at radius 3 is 2.77 bits per heavy atom. The van der Waals surface area contributed by atoms with E-state index in [2.05, 4.69) is 20.7 Å². The van der Waals surface area contributed by atoms with E-state index in [1.54, 1.807) is 35.2 Å². The smallest absolute Gasteiger partial charge is 0.261 e. The van der Waals surface area contributed by atoms with Gasteiger partial charge in [0.25, 0.3) is 15.9 Å². The lowest BCUT2D eigenvalue weighted by Gasteiger charge is -2.32. The average molecular weight is 497 g/mol. The number of methoxy groups -OCH3 is 1. The van der Waals surface area contributed by atoms with Gasteiger partial charge >= 0.3 is 0 Å². The molecule has 2 aromatic carbocycles. The maximum absolute atomic E-state index is 12.9. The van der Waals surface area contributed by atoms with Crippen LogP contribution in [0.1, 0.15) is 30.1 Å². The summed E-state index contributed by atoms with van der Waals surface area (Å²) in [6.45, 7) is 3.69. The zero-order chi connectivity index (χ0) is 21.7. The molecule has 162 valence electrons. The Hall–Kier alpha value is -2.10. The zero-order valence-corrected chi connectivity index (χ0v) is 19.3. The van der Waals surface area contributed by atoms with E-state index in [1.807, 2.05) is 6.92 Å². The number of carbonyl (C=O) groups excluding carboxylic acids is 1. The van der Waals surface area contributed by atoms with E-state index in [9.17, 15) is 13.2 Å². The molecule has 3 rings (SSSR count). The lowest BCUT2D eigenvalue weighted by Crippen LogP contribution is -2.43. The van der Waals surface area contributed by atoms with Gasteiger partial charge in [-0.2, -0.15) is 0 Å². The fraction of sp³-hybridized carbons (Fsp3) is 0.381. The van der Waals surface area contributed by atoms with Gasteiger partial charge in [-0.15, -0.1) is 0 Å². The normalized spacial score (nSPS) is 16.9. The Morgan fingerprint density at radius 2 is 2.07 bits per heavy atom. The highest BCUT2D eigenvalue weighted by Crippen LogP contribution is 2.29. The van der Waals surface area contributed by atoms with Crippen LogP contribution < -0.4 is 9.46 Å². The molecular formula is C21H25BrN2O5S. The van der Waals surface area contributed by atoms with Crippen molar-refractivity contribution in [2.45, 2.75) is 30.8 Å². The minimum Gasteiger partial charge on any atom is -0.496 e. The topological polar surface area (TPSA) is 84.9 Å². The zero-order valence-electron chi connectivity index (χ0n) is 16.9. The number of halogens is 1. The molecule has 1 atom stereocenters. The molecule has 2 aromatic rings. The molecular weight excluding hydrogens is 472 g/mol. The first kappa shape index (κ1) is 22.6. The molecule has 0 bridgehead atoms. The van der Waals surface area contributed by atoms with Gasteiger partial charge in [-0.05, 0) is 72.1 Å². The van der Waals surface area contributed by atoms with Crippen LogP contribution in [0.3, 0.4) is 0 Å². The molecule has 1 heterocycles. The van der Waals surface area contributed by atoms with Crippen LogP contribution in [0.2, 0.25) is 0 Å². The molecule has 0 saturated carbocycles. The molecule has 1 saturated heterocycles. The van der Waals surface area contributed by atoms with Crippen molar-refractivity contribution in [2.75, 3.05) is 31.5 Å². The molecule has 1 aliphatic rings. The van der Waals surface area contributed by atoms with Gasteiger partial charge < -0.3 is 14.4 Å². The molecule has 9 heteroatoms. The van der Waals surface area contributed by atoms with Crippen molar-refractivity contribution in [1.29, 1.82) is 0 Å². The molecule has 1 N–H and O–H groups in total. The Kier molecular flexibility index (Phi) is 7.38. The first-order valence-electron chi connectivity index (χ1n) is 9.71. The molecule has 1 fully saturated rings. The van der Waals surface area contributed by atoms with E-state index >= 15 is 0 Å². The van der Waals surface area contributed by atoms with Crippen LogP contribution in [0.5, 0.6) is 5.75 Å². The number of hydrogen-bond donors (Lipinski definition) is 1. The minimum absolute atomic E-state index is 0.0230. The Bertz CT molecular complexity index is 1010. The fourth-order valence-electron chi connectivity index (χ4n) is 3.42. The molecule has 1 amide bonds. The van der Waals surface area contributed by atoms with Crippen LogP contribution in [0, 0.1) is 0 Å². The average Bonchev–Trinajstić information content (AvgIpc) is 2.74. The molecule has 30 heavy (non-hydrogen) atoms. The summed E-state index contributed by atoms with van der Waals surface area (Å²) >= 11 is 3.34. The highest BCUT2D eigenvalue weighted by Gasteiger charge is 2.26. The summed E-state index contributed by atoms with van der Waals surface area (Å²) in [5.74, 6) is 0.404. The van der Waals surface area contributed by atoms with E-state index in [-0.39, 0.29) is 16.9 Å². The van der Waals surface area contributed by atoms with Crippen LogP contribution in [0.15, 0.2) is 51.8 Å². The number of ether oxygens (including phenoxy) is 2. The van der Waals surface area contributed by atoms with Gasteiger partial charge in [-0.1, -0.05) is 6.07 Å². The number of benzene rings is 2. The Labute approximate surface area is 185 Å². The second-order valence-electron chi connectivity index (χ2n) is 6.95. The Balaban J connectivity index is 1.78. The number of nitrogens with zero attached hydrogens (tertiary/aromatic N) is 1. The van der Waals surface area contributed by atoms with Gasteiger partial charge in [0, 0.05) is 25.3 Å². The highest BCUT2D eigenvalue weighted by atomic mass is 79.9. The summed E-state index contributed by atoms with van der Waals surface area (Å²) in [5.41, 5.74) is 0.723. The van der Waals surface area contributed by atoms with Crippen LogP contribution >= 0.6 is 15.9 Å². The predicted octanol–water partition coefficient (Wildman–Crippen LogP) is 3.90. The lowest BCUT2D eigenvalue weighted by atomic mass is 10.1. The number of hydrogen-bond acceptors (Lipinski definition) is 5. The maximum Gasteiger partial charge on any atom is 0.261 e. The number of piperidine rings is 1. The largest absolute Gasteiger partial charge is 0.496 e. The molecule has 1 aliphatic heterocycles. The van der Waals surface area contributed by atoms with E-state index in [0.717, 1.165) is 12.8 Å². The van der Waals surface area contributed by atoms with Crippen LogP contribution in [0.25, 0.3) is 0 Å². The van der Waals surface area contributed by atoms with Crippen molar-refractivity contribution in [3.8, 4) is 5.75 Å². The number of nitrogens with one attached hydrogen (secondary N) is 1. The molecule has 0 radical (unpaired) electrons. The quantitative estimate of drug-likeness (QED) is 0.628. The van der Waals surface area contributed by atoms with E-state index < -0.39 is 10.0 Å². The summed E-state index contributed by atoms with van der Waals surface area (Å²) in [6.07, 6.45) is 1.81. The second-order valence-corrected chi connectivity index (χ2v) is 9.49. The number of carbonyl (C=O) groups is 1. The molecule has 1 unspecified atom stereocenters. The van der Waals surface area contributed by atoms with Crippen molar-refractivity contribution in [3.05, 3.63) is 52.5 Å². The third-order valence-electron chi connectivity index (χ3n) is 4.86. The van der Waals surface area contributed by atoms with Crippen LogP contribution in [-0.4, -0.2) is 52.1 Å². The summed E-state index contributed by atoms with van der Waals surface area (Å²) in [5, 5.41) is 0. The number of anilines is 1. The predicted molar refractivity (Wildman–Crippen MR) is 118 cm³/mol. The number of likely N-dealkylation sites (tertiary alicyclic amines) is 1. The summed E-state index contributed by atoms with van der Waals surface area (Å²) in [6, 6.07) is 11.0. The SMILES string of the molecule is CCOC1CCCN(C(=O)c2cccc(S(=O)(=O)Nc3ccc(OC)c(Br)c3)c2)C1. The van der Waals surface area contributed by atoms with Crippen molar-refractivity contribution in [2.24, 2.45) is 0 Å². The summed E-state index contributed by atoms with van der Waals surface area (Å²) < 4.78 is 39.7. The Morgan fingerprint density at radius 1 is 1.27 bits per heavy atom. The van der Waals surface area contributed by atoms with E-state index in [0.29, 0.717) is 41.2 Å². The summed E-state index contributed by atoms with van der Waals surface area (Å²) in [7, 11) is -2.33. The monoisotopic (exact) mass is 496 g/mol. The van der Waals surface area contributed by atoms with Crippen molar-refractivity contribution in [3.63, 3.8) is 0 Å². The van der Waals surface area contributed by atoms with E-state index in [1.165, 1.54) is 19.2 Å². The first-order chi connectivity index (χ1) is 14.3. The van der Waals surface area contributed by atoms with Crippen molar-refractivity contribution in [1.82, 2.24) is 4.90 Å². The van der Waals surface area contributed by atoms with Crippen molar-refractivity contribution < 1.29 is 22.7 Å². The van der Waals surface area contributed by atoms with Gasteiger partial charge in [0.2, 0.25) is 0 Å². The molecule has 7 nitrogen and oxygen atoms in total. The van der Waals surface area contributed by atoms with Crippen LogP contribution in [0.4, 0.5) is 5.69 Å². The highest BCUT2D eigenvalue weighted by molar-refractivity contribution is 9.10. The third-order valence-corrected chi connectivity index (χ3v) is 6.86. The van der Waals surface area contributed by atoms with Crippen molar-refractivity contribution >= 4 is 37.5 Å². The molecule has 0 aliphatic carbocycles. The van der Waals surface area contributed by atoms with Crippen LogP contribution in [-0.2, 0) is 14.8 Å². The fourth-order valence-corrected chi connectivity index (χ4v) is 5.05. The number of amides is 1. The van der Waals surface area contributed by atoms with Gasteiger partial charge in [0.15, 0.2) is 0 Å². The minimum atomic E-state index is -3.86. The van der Waals surface area contributed by atoms with Gasteiger partial charge in [-0.25, -0.2) is 8.42 Å². The molecule has 0 aromatic heterocycles. The number of rotatable bonds is 7. The lowest BCUT2D eigenvalue weighted by molar-refractivity contribution is 0.00723. The van der Waals surface area contributed by atoms with Gasteiger partial charge in [0.05, 0.1) is 28.3 Å². The number of sulfonamides is 1. The maximum atomic E-state index is 12.9. The standard InChI is InChI=1S/C21H25BrN2O5S/c1-3-29-17-7-5-11-24(14-17)21(25)15-6-4-8-18(12-15)30(26,27)23-16-9-10-20(28-2)19(22)13-16/h4,6,8-10,12-13,17,23H,3,5,7,11,14H2,1-2H3. The first-order valence-corrected chi connectivity index (χ1v) is 12.0. The van der Waals surface area contributed by atoms with Gasteiger partial charge in [-0.3, -0.25) is 9.52 Å². The van der Waals surface area contributed by atoms with E-state index in [4.69, 9.17) is 9.47 Å². The third kappa shape index (κ3) is 5.33. The van der Waals surface area contributed by atoms with Gasteiger partial charge in [0.1, 0.15) is 5.75 Å². The second kappa shape index (κ2) is 9.80. The summed E-state index contributed by atoms with van der Waals surface area (Å²) in [4.78, 5) is 14.7. The molecule has 0 spiro atoms.